The summed E-state index contributed by atoms with van der Waals surface area (Å²) in [5.74, 6) is 0.226. The molecule has 0 amide bonds. The van der Waals surface area contributed by atoms with E-state index in [9.17, 15) is 9.90 Å². The number of hydrogen-bond donors (Lipinski definition) is 2. The van der Waals surface area contributed by atoms with Gasteiger partial charge in [-0.3, -0.25) is 4.57 Å². The predicted octanol–water partition coefficient (Wildman–Crippen LogP) is 0.692. The Labute approximate surface area is 93.9 Å². The summed E-state index contributed by atoms with van der Waals surface area (Å²) in [5, 5.41) is 9.98. The second kappa shape index (κ2) is 4.65. The third kappa shape index (κ3) is 2.24. The normalized spacial score (nSPS) is 26.3. The SMILES string of the molecule is Nc1ccn([C@@H]2CCCCC[C@H]2O)c(=O)n1. The summed E-state index contributed by atoms with van der Waals surface area (Å²) in [6, 6.07) is 1.45. The van der Waals surface area contributed by atoms with Crippen LogP contribution in [0.1, 0.15) is 38.1 Å². The maximum atomic E-state index is 11.7. The number of aromatic nitrogens is 2. The van der Waals surface area contributed by atoms with Crippen LogP contribution in [0.25, 0.3) is 0 Å². The lowest BCUT2D eigenvalue weighted by atomic mass is 10.1. The first-order valence-corrected chi connectivity index (χ1v) is 5.71. The molecule has 2 rings (SSSR count). The highest BCUT2D eigenvalue weighted by atomic mass is 16.3. The molecular formula is C11H17N3O2. The quantitative estimate of drug-likeness (QED) is 0.686. The first kappa shape index (κ1) is 11.1. The van der Waals surface area contributed by atoms with Crippen LogP contribution in [-0.2, 0) is 0 Å². The van der Waals surface area contributed by atoms with Gasteiger partial charge in [0.05, 0.1) is 12.1 Å². The van der Waals surface area contributed by atoms with Crippen molar-refractivity contribution >= 4 is 5.82 Å². The predicted molar refractivity (Wildman–Crippen MR) is 61.0 cm³/mol. The molecule has 1 aromatic rings. The van der Waals surface area contributed by atoms with E-state index >= 15 is 0 Å². The second-order valence-electron chi connectivity index (χ2n) is 4.31. The molecule has 1 fully saturated rings. The van der Waals surface area contributed by atoms with E-state index in [1.807, 2.05) is 0 Å². The van der Waals surface area contributed by atoms with Gasteiger partial charge in [0.1, 0.15) is 5.82 Å². The molecule has 0 saturated heterocycles. The van der Waals surface area contributed by atoms with Crippen LogP contribution in [-0.4, -0.2) is 20.8 Å². The number of hydrogen-bond acceptors (Lipinski definition) is 4. The van der Waals surface area contributed by atoms with Crippen molar-refractivity contribution in [3.63, 3.8) is 0 Å². The summed E-state index contributed by atoms with van der Waals surface area (Å²) in [7, 11) is 0. The van der Waals surface area contributed by atoms with E-state index < -0.39 is 6.10 Å². The van der Waals surface area contributed by atoms with Crippen LogP contribution in [0.3, 0.4) is 0 Å². The molecule has 1 aromatic heterocycles. The molecule has 0 aliphatic heterocycles. The summed E-state index contributed by atoms with van der Waals surface area (Å²) in [4.78, 5) is 15.3. The highest BCUT2D eigenvalue weighted by Crippen LogP contribution is 2.26. The average Bonchev–Trinajstić information content (AvgIpc) is 2.44. The Kier molecular flexibility index (Phi) is 3.24. The molecule has 0 aromatic carbocycles. The summed E-state index contributed by atoms with van der Waals surface area (Å²) in [5.41, 5.74) is 5.07. The fourth-order valence-electron chi connectivity index (χ4n) is 2.27. The zero-order chi connectivity index (χ0) is 11.5. The lowest BCUT2D eigenvalue weighted by Crippen LogP contribution is -2.33. The van der Waals surface area contributed by atoms with E-state index in [0.717, 1.165) is 32.1 Å². The number of aliphatic hydroxyl groups excluding tert-OH is 1. The van der Waals surface area contributed by atoms with Gasteiger partial charge < -0.3 is 10.8 Å². The van der Waals surface area contributed by atoms with Crippen molar-refractivity contribution in [1.82, 2.24) is 9.55 Å². The molecule has 16 heavy (non-hydrogen) atoms. The minimum atomic E-state index is -0.453. The lowest BCUT2D eigenvalue weighted by Gasteiger charge is -2.22. The van der Waals surface area contributed by atoms with Crippen molar-refractivity contribution in [2.45, 2.75) is 44.2 Å². The maximum Gasteiger partial charge on any atom is 0.349 e. The standard InChI is InChI=1S/C11H17N3O2/c12-10-6-7-14(11(16)13-10)8-4-2-1-3-5-9(8)15/h6-9,15H,1-5H2,(H2,12,13,16)/t8-,9-/m1/s1. The fourth-order valence-corrected chi connectivity index (χ4v) is 2.27. The topological polar surface area (TPSA) is 81.1 Å². The van der Waals surface area contributed by atoms with Gasteiger partial charge in [0.15, 0.2) is 0 Å². The summed E-state index contributed by atoms with van der Waals surface area (Å²) < 4.78 is 1.51. The largest absolute Gasteiger partial charge is 0.391 e. The summed E-state index contributed by atoms with van der Waals surface area (Å²) in [6.45, 7) is 0. The van der Waals surface area contributed by atoms with Gasteiger partial charge in [0.25, 0.3) is 0 Å². The van der Waals surface area contributed by atoms with E-state index in [2.05, 4.69) is 4.98 Å². The molecular weight excluding hydrogens is 206 g/mol. The molecule has 5 nitrogen and oxygen atoms in total. The molecule has 1 aliphatic carbocycles. The Bertz CT molecular complexity index is 416. The van der Waals surface area contributed by atoms with Crippen LogP contribution in [0.15, 0.2) is 17.1 Å². The Morgan fingerprint density at radius 2 is 2.12 bits per heavy atom. The Morgan fingerprint density at radius 3 is 2.88 bits per heavy atom. The van der Waals surface area contributed by atoms with E-state index in [1.165, 1.54) is 4.57 Å². The molecule has 2 atom stereocenters. The van der Waals surface area contributed by atoms with Gasteiger partial charge in [-0.2, -0.15) is 4.98 Å². The van der Waals surface area contributed by atoms with E-state index in [-0.39, 0.29) is 17.5 Å². The molecule has 0 spiro atoms. The van der Waals surface area contributed by atoms with Crippen LogP contribution >= 0.6 is 0 Å². The minimum absolute atomic E-state index is 0.150. The van der Waals surface area contributed by atoms with Crippen molar-refractivity contribution in [3.8, 4) is 0 Å². The third-order valence-electron chi connectivity index (χ3n) is 3.15. The first-order valence-electron chi connectivity index (χ1n) is 5.71. The molecule has 1 aliphatic rings. The molecule has 0 bridgehead atoms. The third-order valence-corrected chi connectivity index (χ3v) is 3.15. The molecule has 0 unspecified atom stereocenters. The van der Waals surface area contributed by atoms with Gasteiger partial charge in [-0.25, -0.2) is 4.79 Å². The van der Waals surface area contributed by atoms with Gasteiger partial charge in [0, 0.05) is 6.20 Å². The van der Waals surface area contributed by atoms with Gasteiger partial charge in [-0.1, -0.05) is 19.3 Å². The summed E-state index contributed by atoms with van der Waals surface area (Å²) in [6.07, 6.45) is 5.93. The number of anilines is 1. The Balaban J connectivity index is 2.30. The van der Waals surface area contributed by atoms with Crippen molar-refractivity contribution in [3.05, 3.63) is 22.7 Å². The minimum Gasteiger partial charge on any atom is -0.391 e. The van der Waals surface area contributed by atoms with Crippen molar-refractivity contribution < 1.29 is 5.11 Å². The van der Waals surface area contributed by atoms with Gasteiger partial charge in [-0.05, 0) is 18.9 Å². The number of nitrogens with two attached hydrogens (primary N) is 1. The van der Waals surface area contributed by atoms with Crippen LogP contribution in [0, 0.1) is 0 Å². The van der Waals surface area contributed by atoms with Crippen molar-refractivity contribution in [1.29, 1.82) is 0 Å². The van der Waals surface area contributed by atoms with Crippen LogP contribution in [0.2, 0.25) is 0 Å². The lowest BCUT2D eigenvalue weighted by molar-refractivity contribution is 0.103. The fraction of sp³-hybridized carbons (Fsp3) is 0.636. The second-order valence-corrected chi connectivity index (χ2v) is 4.31. The van der Waals surface area contributed by atoms with Crippen LogP contribution in [0.5, 0.6) is 0 Å². The number of nitrogens with zero attached hydrogens (tertiary/aromatic N) is 2. The van der Waals surface area contributed by atoms with Crippen molar-refractivity contribution in [2.75, 3.05) is 5.73 Å². The molecule has 3 N–H and O–H groups in total. The monoisotopic (exact) mass is 223 g/mol. The smallest absolute Gasteiger partial charge is 0.349 e. The molecule has 0 radical (unpaired) electrons. The van der Waals surface area contributed by atoms with Gasteiger partial charge in [-0.15, -0.1) is 0 Å². The van der Waals surface area contributed by atoms with Crippen molar-refractivity contribution in [2.24, 2.45) is 0 Å². The van der Waals surface area contributed by atoms with E-state index in [4.69, 9.17) is 5.73 Å². The number of nitrogen functional groups attached to an aromatic ring is 1. The molecule has 1 heterocycles. The average molecular weight is 223 g/mol. The first-order chi connectivity index (χ1) is 7.68. The van der Waals surface area contributed by atoms with Crippen LogP contribution < -0.4 is 11.4 Å². The maximum absolute atomic E-state index is 11.7. The zero-order valence-electron chi connectivity index (χ0n) is 9.17. The van der Waals surface area contributed by atoms with Gasteiger partial charge in [0.2, 0.25) is 0 Å². The number of aliphatic hydroxyl groups is 1. The zero-order valence-corrected chi connectivity index (χ0v) is 9.17. The number of rotatable bonds is 1. The Morgan fingerprint density at radius 1 is 1.38 bits per heavy atom. The highest BCUT2D eigenvalue weighted by Gasteiger charge is 2.23. The highest BCUT2D eigenvalue weighted by molar-refractivity contribution is 5.23. The van der Waals surface area contributed by atoms with E-state index in [1.54, 1.807) is 12.3 Å². The van der Waals surface area contributed by atoms with Gasteiger partial charge >= 0.3 is 5.69 Å². The van der Waals surface area contributed by atoms with E-state index in [0.29, 0.717) is 0 Å². The van der Waals surface area contributed by atoms with Crippen LogP contribution in [0.4, 0.5) is 5.82 Å². The summed E-state index contributed by atoms with van der Waals surface area (Å²) >= 11 is 0. The Hall–Kier alpha value is -1.36. The molecule has 5 heteroatoms. The molecule has 88 valence electrons. The molecule has 1 saturated carbocycles.